The average molecular weight is 290 g/mol. The molecule has 0 aliphatic carbocycles. The van der Waals surface area contributed by atoms with E-state index in [1.165, 1.54) is 0 Å². The SMILES string of the molecule is C=C(C)CN(CC)S(=O)(=O)c1cc(N)cc(F)c1F. The molecule has 19 heavy (non-hydrogen) atoms. The van der Waals surface area contributed by atoms with E-state index in [0.29, 0.717) is 5.57 Å². The Kier molecular flexibility index (Phi) is 4.65. The molecule has 1 rings (SSSR count). The van der Waals surface area contributed by atoms with Crippen molar-refractivity contribution >= 4 is 15.7 Å². The topological polar surface area (TPSA) is 63.4 Å². The lowest BCUT2D eigenvalue weighted by Gasteiger charge is -2.21. The van der Waals surface area contributed by atoms with Crippen LogP contribution in [0.25, 0.3) is 0 Å². The zero-order chi connectivity index (χ0) is 14.8. The van der Waals surface area contributed by atoms with Gasteiger partial charge in [-0.2, -0.15) is 4.31 Å². The van der Waals surface area contributed by atoms with Gasteiger partial charge in [-0.15, -0.1) is 0 Å². The van der Waals surface area contributed by atoms with E-state index in [4.69, 9.17) is 5.73 Å². The van der Waals surface area contributed by atoms with Crippen LogP contribution in [0, 0.1) is 11.6 Å². The summed E-state index contributed by atoms with van der Waals surface area (Å²) in [4.78, 5) is -0.756. The highest BCUT2D eigenvalue weighted by Gasteiger charge is 2.28. The molecular weight excluding hydrogens is 274 g/mol. The minimum atomic E-state index is -4.14. The third kappa shape index (κ3) is 3.30. The maximum absolute atomic E-state index is 13.7. The summed E-state index contributed by atoms with van der Waals surface area (Å²) in [5.41, 5.74) is 5.80. The van der Waals surface area contributed by atoms with Crippen molar-refractivity contribution in [2.45, 2.75) is 18.7 Å². The Balaban J connectivity index is 3.37. The van der Waals surface area contributed by atoms with Gasteiger partial charge in [0.15, 0.2) is 11.6 Å². The molecule has 2 N–H and O–H groups in total. The Morgan fingerprint density at radius 1 is 1.42 bits per heavy atom. The maximum Gasteiger partial charge on any atom is 0.246 e. The second kappa shape index (κ2) is 5.66. The number of halogens is 2. The van der Waals surface area contributed by atoms with E-state index >= 15 is 0 Å². The molecule has 0 bridgehead atoms. The summed E-state index contributed by atoms with van der Waals surface area (Å²) in [5, 5.41) is 0. The number of anilines is 1. The minimum absolute atomic E-state index is 0.0364. The van der Waals surface area contributed by atoms with E-state index in [-0.39, 0.29) is 18.8 Å². The fraction of sp³-hybridized carbons (Fsp3) is 0.333. The monoisotopic (exact) mass is 290 g/mol. The molecular formula is C12H16F2N2O2S. The lowest BCUT2D eigenvalue weighted by atomic mass is 10.3. The molecule has 0 amide bonds. The third-order valence-electron chi connectivity index (χ3n) is 2.43. The molecule has 0 saturated carbocycles. The third-order valence-corrected chi connectivity index (χ3v) is 4.35. The molecule has 0 aromatic heterocycles. The molecule has 1 aromatic carbocycles. The first kappa shape index (κ1) is 15.6. The van der Waals surface area contributed by atoms with Crippen LogP contribution in [-0.2, 0) is 10.0 Å². The molecule has 7 heteroatoms. The summed E-state index contributed by atoms with van der Waals surface area (Å²) in [6.07, 6.45) is 0. The smallest absolute Gasteiger partial charge is 0.246 e. The molecule has 0 aliphatic rings. The van der Waals surface area contributed by atoms with Gasteiger partial charge in [0.1, 0.15) is 4.90 Å². The average Bonchev–Trinajstić information content (AvgIpc) is 2.30. The minimum Gasteiger partial charge on any atom is -0.399 e. The van der Waals surface area contributed by atoms with Crippen molar-refractivity contribution in [2.75, 3.05) is 18.8 Å². The normalized spacial score (nSPS) is 11.8. The van der Waals surface area contributed by atoms with Gasteiger partial charge in [0.2, 0.25) is 10.0 Å². The Hall–Kier alpha value is -1.47. The van der Waals surface area contributed by atoms with Crippen molar-refractivity contribution in [3.63, 3.8) is 0 Å². The first-order chi connectivity index (χ1) is 8.70. The summed E-state index contributed by atoms with van der Waals surface area (Å²) in [5.74, 6) is -2.71. The van der Waals surface area contributed by atoms with Gasteiger partial charge in [0.05, 0.1) is 0 Å². The van der Waals surface area contributed by atoms with Crippen molar-refractivity contribution in [3.8, 4) is 0 Å². The predicted octanol–water partition coefficient (Wildman–Crippen LogP) is 2.13. The second-order valence-electron chi connectivity index (χ2n) is 4.20. The lowest BCUT2D eigenvalue weighted by molar-refractivity contribution is 0.438. The first-order valence-electron chi connectivity index (χ1n) is 5.59. The van der Waals surface area contributed by atoms with E-state index in [1.807, 2.05) is 0 Å². The van der Waals surface area contributed by atoms with Gasteiger partial charge in [-0.25, -0.2) is 17.2 Å². The molecule has 0 spiro atoms. The van der Waals surface area contributed by atoms with E-state index < -0.39 is 26.6 Å². The fourth-order valence-corrected chi connectivity index (χ4v) is 3.20. The highest BCUT2D eigenvalue weighted by Crippen LogP contribution is 2.24. The number of nitrogens with zero attached hydrogens (tertiary/aromatic N) is 1. The molecule has 106 valence electrons. The summed E-state index contributed by atoms with van der Waals surface area (Å²) >= 11 is 0. The Morgan fingerprint density at radius 2 is 2.00 bits per heavy atom. The molecule has 0 radical (unpaired) electrons. The largest absolute Gasteiger partial charge is 0.399 e. The van der Waals surface area contributed by atoms with Crippen LogP contribution in [0.2, 0.25) is 0 Å². The van der Waals surface area contributed by atoms with Gasteiger partial charge in [0.25, 0.3) is 0 Å². The summed E-state index contributed by atoms with van der Waals surface area (Å²) < 4.78 is 52.4. The molecule has 0 unspecified atom stereocenters. The van der Waals surface area contributed by atoms with Gasteiger partial charge in [-0.05, 0) is 19.1 Å². The molecule has 1 aromatic rings. The number of hydrogen-bond donors (Lipinski definition) is 1. The Labute approximate surface area is 111 Å². The van der Waals surface area contributed by atoms with Gasteiger partial charge in [0, 0.05) is 18.8 Å². The van der Waals surface area contributed by atoms with Gasteiger partial charge in [-0.3, -0.25) is 0 Å². The molecule has 0 atom stereocenters. The van der Waals surface area contributed by atoms with Crippen molar-refractivity contribution in [2.24, 2.45) is 0 Å². The van der Waals surface area contributed by atoms with Gasteiger partial charge >= 0.3 is 0 Å². The number of rotatable bonds is 5. The predicted molar refractivity (Wildman–Crippen MR) is 70.0 cm³/mol. The molecule has 0 saturated heterocycles. The molecule has 0 aliphatic heterocycles. The summed E-state index contributed by atoms with van der Waals surface area (Å²) in [7, 11) is -4.14. The number of hydrogen-bond acceptors (Lipinski definition) is 3. The maximum atomic E-state index is 13.7. The lowest BCUT2D eigenvalue weighted by Crippen LogP contribution is -2.33. The summed E-state index contributed by atoms with van der Waals surface area (Å²) in [6, 6.07) is 1.65. The second-order valence-corrected chi connectivity index (χ2v) is 6.11. The van der Waals surface area contributed by atoms with Crippen LogP contribution in [0.3, 0.4) is 0 Å². The number of sulfonamides is 1. The van der Waals surface area contributed by atoms with Crippen LogP contribution in [-0.4, -0.2) is 25.8 Å². The van der Waals surface area contributed by atoms with Crippen molar-refractivity contribution in [1.29, 1.82) is 0 Å². The van der Waals surface area contributed by atoms with Gasteiger partial charge in [-0.1, -0.05) is 19.1 Å². The number of nitrogens with two attached hydrogens (primary N) is 1. The van der Waals surface area contributed by atoms with E-state index in [0.717, 1.165) is 16.4 Å². The van der Waals surface area contributed by atoms with Crippen molar-refractivity contribution in [3.05, 3.63) is 35.9 Å². The van der Waals surface area contributed by atoms with Crippen LogP contribution in [0.15, 0.2) is 29.2 Å². The van der Waals surface area contributed by atoms with E-state index in [9.17, 15) is 17.2 Å². The highest BCUT2D eigenvalue weighted by molar-refractivity contribution is 7.89. The zero-order valence-electron chi connectivity index (χ0n) is 10.8. The van der Waals surface area contributed by atoms with Crippen molar-refractivity contribution in [1.82, 2.24) is 4.31 Å². The number of likely N-dealkylation sites (N-methyl/N-ethyl adjacent to an activating group) is 1. The Bertz CT molecular complexity index is 600. The van der Waals surface area contributed by atoms with Crippen LogP contribution in [0.1, 0.15) is 13.8 Å². The van der Waals surface area contributed by atoms with Crippen molar-refractivity contribution < 1.29 is 17.2 Å². The Morgan fingerprint density at radius 3 is 2.47 bits per heavy atom. The number of benzene rings is 1. The van der Waals surface area contributed by atoms with Crippen LogP contribution in [0.5, 0.6) is 0 Å². The fourth-order valence-electron chi connectivity index (χ4n) is 1.58. The van der Waals surface area contributed by atoms with Crippen LogP contribution in [0.4, 0.5) is 14.5 Å². The van der Waals surface area contributed by atoms with Crippen LogP contribution >= 0.6 is 0 Å². The molecule has 4 nitrogen and oxygen atoms in total. The standard InChI is InChI=1S/C12H16F2N2O2S/c1-4-16(7-8(2)3)19(17,18)11-6-9(15)5-10(13)12(11)14/h5-6H,2,4,7,15H2,1,3H3. The van der Waals surface area contributed by atoms with Crippen LogP contribution < -0.4 is 5.73 Å². The molecule has 0 fully saturated rings. The quantitative estimate of drug-likeness (QED) is 0.667. The highest BCUT2D eigenvalue weighted by atomic mass is 32.2. The summed E-state index contributed by atoms with van der Waals surface area (Å²) in [6.45, 7) is 7.01. The van der Waals surface area contributed by atoms with E-state index in [1.54, 1.807) is 13.8 Å². The van der Waals surface area contributed by atoms with Gasteiger partial charge < -0.3 is 5.73 Å². The molecule has 0 heterocycles. The zero-order valence-corrected chi connectivity index (χ0v) is 11.6. The number of nitrogen functional groups attached to an aromatic ring is 1. The van der Waals surface area contributed by atoms with E-state index in [2.05, 4.69) is 6.58 Å². The first-order valence-corrected chi connectivity index (χ1v) is 7.03.